The standard InChI is InChI=1S/C13H18ClFN2S/c1-3-4-8-17(2)12(13(16)18)11-9(14)6-5-7-10(11)15/h5-7,12H,3-4,8H2,1-2H3,(H2,16,18). The van der Waals surface area contributed by atoms with E-state index in [-0.39, 0.29) is 10.8 Å². The van der Waals surface area contributed by atoms with E-state index in [1.807, 2.05) is 11.9 Å². The number of hydrogen-bond acceptors (Lipinski definition) is 2. The minimum Gasteiger partial charge on any atom is -0.392 e. The molecule has 0 fully saturated rings. The molecular weight excluding hydrogens is 271 g/mol. The van der Waals surface area contributed by atoms with Crippen LogP contribution >= 0.6 is 23.8 Å². The molecule has 0 aliphatic rings. The molecule has 2 N–H and O–H groups in total. The molecule has 0 saturated carbocycles. The summed E-state index contributed by atoms with van der Waals surface area (Å²) in [6.07, 6.45) is 2.06. The molecule has 5 heteroatoms. The summed E-state index contributed by atoms with van der Waals surface area (Å²) in [5, 5.41) is 0.358. The van der Waals surface area contributed by atoms with Gasteiger partial charge in [0.25, 0.3) is 0 Å². The van der Waals surface area contributed by atoms with E-state index in [0.717, 1.165) is 19.4 Å². The van der Waals surface area contributed by atoms with Crippen molar-refractivity contribution in [1.29, 1.82) is 0 Å². The number of unbranched alkanes of at least 4 members (excludes halogenated alkanes) is 1. The fourth-order valence-electron chi connectivity index (χ4n) is 1.89. The molecule has 0 bridgehead atoms. The van der Waals surface area contributed by atoms with E-state index >= 15 is 0 Å². The van der Waals surface area contributed by atoms with Crippen LogP contribution in [0.4, 0.5) is 4.39 Å². The molecule has 100 valence electrons. The summed E-state index contributed by atoms with van der Waals surface area (Å²) in [4.78, 5) is 2.18. The molecule has 0 heterocycles. The lowest BCUT2D eigenvalue weighted by Gasteiger charge is -2.28. The van der Waals surface area contributed by atoms with Crippen LogP contribution in [0.25, 0.3) is 0 Å². The Morgan fingerprint density at radius 1 is 1.56 bits per heavy atom. The largest absolute Gasteiger partial charge is 0.392 e. The molecule has 1 aromatic carbocycles. The lowest BCUT2D eigenvalue weighted by Crippen LogP contribution is -2.35. The second-order valence-corrected chi connectivity index (χ2v) is 5.15. The van der Waals surface area contributed by atoms with Crippen LogP contribution in [-0.2, 0) is 0 Å². The van der Waals surface area contributed by atoms with E-state index in [4.69, 9.17) is 29.6 Å². The number of likely N-dealkylation sites (N-methyl/N-ethyl adjacent to an activating group) is 1. The van der Waals surface area contributed by atoms with Crippen molar-refractivity contribution in [1.82, 2.24) is 4.90 Å². The summed E-state index contributed by atoms with van der Waals surface area (Å²) in [5.74, 6) is -0.372. The maximum absolute atomic E-state index is 13.9. The fourth-order valence-corrected chi connectivity index (χ4v) is 2.45. The van der Waals surface area contributed by atoms with E-state index in [1.165, 1.54) is 6.07 Å². The topological polar surface area (TPSA) is 29.3 Å². The average Bonchev–Trinajstić information content (AvgIpc) is 2.30. The number of rotatable bonds is 6. The van der Waals surface area contributed by atoms with Crippen molar-refractivity contribution >= 4 is 28.8 Å². The first-order valence-electron chi connectivity index (χ1n) is 5.92. The van der Waals surface area contributed by atoms with Crippen molar-refractivity contribution in [2.45, 2.75) is 25.8 Å². The maximum Gasteiger partial charge on any atom is 0.129 e. The molecular formula is C13H18ClFN2S. The third-order valence-electron chi connectivity index (χ3n) is 2.85. The van der Waals surface area contributed by atoms with Crippen LogP contribution in [0, 0.1) is 5.82 Å². The fraction of sp³-hybridized carbons (Fsp3) is 0.462. The number of nitrogens with zero attached hydrogens (tertiary/aromatic N) is 1. The Labute approximate surface area is 118 Å². The van der Waals surface area contributed by atoms with E-state index in [1.54, 1.807) is 12.1 Å². The van der Waals surface area contributed by atoms with Crippen LogP contribution in [-0.4, -0.2) is 23.5 Å². The predicted octanol–water partition coefficient (Wildman–Crippen LogP) is 3.54. The number of nitrogens with two attached hydrogens (primary N) is 1. The number of hydrogen-bond donors (Lipinski definition) is 1. The Bertz CT molecular complexity index is 405. The summed E-state index contributed by atoms with van der Waals surface area (Å²) in [6, 6.07) is 4.14. The van der Waals surface area contributed by atoms with Crippen LogP contribution in [0.1, 0.15) is 31.4 Å². The molecule has 1 rings (SSSR count). The average molecular weight is 289 g/mol. The molecule has 2 nitrogen and oxygen atoms in total. The normalized spacial score (nSPS) is 12.7. The van der Waals surface area contributed by atoms with Gasteiger partial charge in [-0.2, -0.15) is 0 Å². The number of benzene rings is 1. The monoisotopic (exact) mass is 288 g/mol. The van der Waals surface area contributed by atoms with Crippen molar-refractivity contribution in [2.75, 3.05) is 13.6 Å². The minimum absolute atomic E-state index is 0.237. The van der Waals surface area contributed by atoms with Crippen molar-refractivity contribution in [3.05, 3.63) is 34.6 Å². The zero-order valence-corrected chi connectivity index (χ0v) is 12.2. The second kappa shape index (κ2) is 7.02. The smallest absolute Gasteiger partial charge is 0.129 e. The maximum atomic E-state index is 13.9. The van der Waals surface area contributed by atoms with Crippen molar-refractivity contribution < 1.29 is 4.39 Å². The highest BCUT2D eigenvalue weighted by Gasteiger charge is 2.25. The SMILES string of the molecule is CCCCN(C)C(C(N)=S)c1c(F)cccc1Cl. The van der Waals surface area contributed by atoms with E-state index < -0.39 is 6.04 Å². The number of thiocarbonyl (C=S) groups is 1. The van der Waals surface area contributed by atoms with E-state index in [2.05, 4.69) is 6.92 Å². The van der Waals surface area contributed by atoms with Gasteiger partial charge in [0, 0.05) is 10.6 Å². The van der Waals surface area contributed by atoms with Crippen molar-refractivity contribution in [3.63, 3.8) is 0 Å². The molecule has 0 amide bonds. The zero-order chi connectivity index (χ0) is 13.7. The van der Waals surface area contributed by atoms with Crippen LogP contribution in [0.2, 0.25) is 5.02 Å². The second-order valence-electron chi connectivity index (χ2n) is 4.27. The molecule has 18 heavy (non-hydrogen) atoms. The van der Waals surface area contributed by atoms with Gasteiger partial charge in [-0.05, 0) is 32.1 Å². The first-order chi connectivity index (χ1) is 8.49. The third kappa shape index (κ3) is 3.64. The van der Waals surface area contributed by atoms with Gasteiger partial charge in [-0.3, -0.25) is 4.90 Å². The lowest BCUT2D eigenvalue weighted by atomic mass is 10.0. The zero-order valence-electron chi connectivity index (χ0n) is 10.6. The Morgan fingerprint density at radius 3 is 2.72 bits per heavy atom. The first kappa shape index (κ1) is 15.3. The Hall–Kier alpha value is -0.710. The van der Waals surface area contributed by atoms with Gasteiger partial charge < -0.3 is 5.73 Å². The Balaban J connectivity index is 3.08. The van der Waals surface area contributed by atoms with Crippen LogP contribution in [0.5, 0.6) is 0 Å². The van der Waals surface area contributed by atoms with Crippen molar-refractivity contribution in [2.24, 2.45) is 5.73 Å². The van der Waals surface area contributed by atoms with Crippen LogP contribution < -0.4 is 5.73 Å². The van der Waals surface area contributed by atoms with Crippen LogP contribution in [0.3, 0.4) is 0 Å². The molecule has 0 aliphatic heterocycles. The Kier molecular flexibility index (Phi) is 5.99. The minimum atomic E-state index is -0.458. The summed E-state index contributed by atoms with van der Waals surface area (Å²) in [5.41, 5.74) is 6.11. The van der Waals surface area contributed by atoms with E-state index in [9.17, 15) is 4.39 Å². The summed E-state index contributed by atoms with van der Waals surface area (Å²) >= 11 is 11.1. The van der Waals surface area contributed by atoms with Gasteiger partial charge in [0.15, 0.2) is 0 Å². The third-order valence-corrected chi connectivity index (χ3v) is 3.40. The number of halogens is 2. The van der Waals surface area contributed by atoms with Gasteiger partial charge in [-0.15, -0.1) is 0 Å². The predicted molar refractivity (Wildman–Crippen MR) is 78.5 cm³/mol. The Morgan fingerprint density at radius 2 is 2.22 bits per heavy atom. The molecule has 0 spiro atoms. The van der Waals surface area contributed by atoms with Gasteiger partial charge in [0.1, 0.15) is 5.82 Å². The summed E-state index contributed by atoms with van der Waals surface area (Å²) in [7, 11) is 1.88. The summed E-state index contributed by atoms with van der Waals surface area (Å²) in [6.45, 7) is 2.89. The molecule has 1 unspecified atom stereocenters. The van der Waals surface area contributed by atoms with Gasteiger partial charge >= 0.3 is 0 Å². The van der Waals surface area contributed by atoms with E-state index in [0.29, 0.717) is 10.6 Å². The van der Waals surface area contributed by atoms with Gasteiger partial charge in [0.2, 0.25) is 0 Å². The van der Waals surface area contributed by atoms with Gasteiger partial charge in [-0.1, -0.05) is 43.2 Å². The molecule has 0 radical (unpaired) electrons. The lowest BCUT2D eigenvalue weighted by molar-refractivity contribution is 0.291. The highest BCUT2D eigenvalue weighted by atomic mass is 35.5. The van der Waals surface area contributed by atoms with Crippen molar-refractivity contribution in [3.8, 4) is 0 Å². The molecule has 0 aliphatic carbocycles. The van der Waals surface area contributed by atoms with Crippen LogP contribution in [0.15, 0.2) is 18.2 Å². The first-order valence-corrected chi connectivity index (χ1v) is 6.71. The summed E-state index contributed by atoms with van der Waals surface area (Å²) < 4.78 is 13.9. The highest BCUT2D eigenvalue weighted by Crippen LogP contribution is 2.29. The quantitative estimate of drug-likeness (QED) is 0.812. The molecule has 1 aromatic rings. The highest BCUT2D eigenvalue weighted by molar-refractivity contribution is 7.80. The molecule has 0 saturated heterocycles. The molecule has 0 aromatic heterocycles. The van der Waals surface area contributed by atoms with Gasteiger partial charge in [-0.25, -0.2) is 4.39 Å². The van der Waals surface area contributed by atoms with Gasteiger partial charge in [0.05, 0.1) is 11.0 Å². The molecule has 1 atom stereocenters.